The van der Waals surface area contributed by atoms with E-state index in [-0.39, 0.29) is 16.5 Å². The van der Waals surface area contributed by atoms with E-state index in [9.17, 15) is 13.6 Å². The van der Waals surface area contributed by atoms with Gasteiger partial charge in [0.2, 0.25) is 0 Å². The number of aromatic nitrogens is 3. The standard InChI is InChI=1S/C13H7F2N3O/c14-7-4-5-8(15)11-10(7)12(17-18-13(11)19)9-3-1-2-6-16-9/h1-6H,(H,18,19). The molecule has 0 bridgehead atoms. The summed E-state index contributed by atoms with van der Waals surface area (Å²) in [5, 5.41) is 5.41. The molecule has 3 rings (SSSR count). The average Bonchev–Trinajstić information content (AvgIpc) is 2.44. The van der Waals surface area contributed by atoms with Crippen LogP contribution in [0.2, 0.25) is 0 Å². The zero-order chi connectivity index (χ0) is 13.4. The molecule has 3 aromatic rings. The molecule has 0 atom stereocenters. The molecule has 0 aliphatic heterocycles. The van der Waals surface area contributed by atoms with Gasteiger partial charge in [0.25, 0.3) is 5.56 Å². The molecular weight excluding hydrogens is 252 g/mol. The van der Waals surface area contributed by atoms with Crippen LogP contribution >= 0.6 is 0 Å². The Morgan fingerprint density at radius 3 is 2.42 bits per heavy atom. The molecule has 0 fully saturated rings. The lowest BCUT2D eigenvalue weighted by Gasteiger charge is -2.05. The molecule has 0 saturated heterocycles. The van der Waals surface area contributed by atoms with E-state index in [0.29, 0.717) is 5.69 Å². The van der Waals surface area contributed by atoms with E-state index in [2.05, 4.69) is 15.2 Å². The van der Waals surface area contributed by atoms with Gasteiger partial charge in [-0.15, -0.1) is 0 Å². The van der Waals surface area contributed by atoms with Crippen molar-refractivity contribution in [1.29, 1.82) is 0 Å². The Labute approximate surface area is 105 Å². The van der Waals surface area contributed by atoms with Gasteiger partial charge in [-0.2, -0.15) is 5.10 Å². The van der Waals surface area contributed by atoms with Gasteiger partial charge in [-0.25, -0.2) is 13.9 Å². The normalized spacial score (nSPS) is 10.8. The maximum atomic E-state index is 13.9. The van der Waals surface area contributed by atoms with Crippen LogP contribution in [0.15, 0.2) is 41.3 Å². The molecular formula is C13H7F2N3O. The highest BCUT2D eigenvalue weighted by Gasteiger charge is 2.16. The van der Waals surface area contributed by atoms with E-state index in [4.69, 9.17) is 0 Å². The maximum absolute atomic E-state index is 13.9. The summed E-state index contributed by atoms with van der Waals surface area (Å²) in [6.07, 6.45) is 1.51. The fourth-order valence-electron chi connectivity index (χ4n) is 1.91. The zero-order valence-corrected chi connectivity index (χ0v) is 9.52. The predicted molar refractivity (Wildman–Crippen MR) is 65.5 cm³/mol. The minimum atomic E-state index is -0.794. The van der Waals surface area contributed by atoms with Crippen LogP contribution in [0.3, 0.4) is 0 Å². The number of nitrogens with zero attached hydrogens (tertiary/aromatic N) is 2. The number of rotatable bonds is 1. The maximum Gasteiger partial charge on any atom is 0.275 e. The minimum absolute atomic E-state index is 0.104. The van der Waals surface area contributed by atoms with Crippen molar-refractivity contribution >= 4 is 10.8 Å². The van der Waals surface area contributed by atoms with Crippen molar-refractivity contribution in [3.8, 4) is 11.4 Å². The number of benzene rings is 1. The van der Waals surface area contributed by atoms with E-state index in [0.717, 1.165) is 12.1 Å². The molecule has 0 radical (unpaired) electrons. The average molecular weight is 259 g/mol. The summed E-state index contributed by atoms with van der Waals surface area (Å²) in [7, 11) is 0. The molecule has 0 saturated carbocycles. The largest absolute Gasteiger partial charge is 0.275 e. The van der Waals surface area contributed by atoms with Crippen molar-refractivity contribution in [1.82, 2.24) is 15.2 Å². The quantitative estimate of drug-likeness (QED) is 0.729. The first-order valence-corrected chi connectivity index (χ1v) is 5.46. The second-order valence-electron chi connectivity index (χ2n) is 3.90. The van der Waals surface area contributed by atoms with Gasteiger partial charge in [0.15, 0.2) is 0 Å². The van der Waals surface area contributed by atoms with Gasteiger partial charge in [-0.1, -0.05) is 6.07 Å². The number of hydrogen-bond acceptors (Lipinski definition) is 3. The van der Waals surface area contributed by atoms with Crippen LogP contribution < -0.4 is 5.56 Å². The number of H-pyrrole nitrogens is 1. The topological polar surface area (TPSA) is 58.6 Å². The minimum Gasteiger partial charge on any atom is -0.267 e. The number of nitrogens with one attached hydrogen (secondary N) is 1. The lowest BCUT2D eigenvalue weighted by molar-refractivity contribution is 0.615. The molecule has 4 nitrogen and oxygen atoms in total. The monoisotopic (exact) mass is 259 g/mol. The molecule has 1 N–H and O–H groups in total. The van der Waals surface area contributed by atoms with Gasteiger partial charge in [-0.3, -0.25) is 9.78 Å². The summed E-state index contributed by atoms with van der Waals surface area (Å²) in [6, 6.07) is 6.86. The molecule has 0 amide bonds. The molecule has 0 spiro atoms. The predicted octanol–water partition coefficient (Wildman–Crippen LogP) is 2.26. The van der Waals surface area contributed by atoms with Gasteiger partial charge >= 0.3 is 0 Å². The van der Waals surface area contributed by atoms with Crippen molar-refractivity contribution < 1.29 is 8.78 Å². The van der Waals surface area contributed by atoms with Crippen LogP contribution in [0.25, 0.3) is 22.2 Å². The zero-order valence-electron chi connectivity index (χ0n) is 9.52. The molecule has 2 aromatic heterocycles. The Bertz CT molecular complexity index is 815. The lowest BCUT2D eigenvalue weighted by Crippen LogP contribution is -2.12. The van der Waals surface area contributed by atoms with Crippen LogP contribution in [-0.4, -0.2) is 15.2 Å². The smallest absolute Gasteiger partial charge is 0.267 e. The van der Waals surface area contributed by atoms with E-state index in [1.54, 1.807) is 18.2 Å². The van der Waals surface area contributed by atoms with Crippen molar-refractivity contribution in [3.63, 3.8) is 0 Å². The molecule has 1 aromatic carbocycles. The highest BCUT2D eigenvalue weighted by atomic mass is 19.1. The van der Waals surface area contributed by atoms with E-state index in [1.807, 2.05) is 0 Å². The third-order valence-electron chi connectivity index (χ3n) is 2.74. The SMILES string of the molecule is O=c1[nH]nc(-c2ccccn2)c2c(F)ccc(F)c12. The fourth-order valence-corrected chi connectivity index (χ4v) is 1.91. The van der Waals surface area contributed by atoms with Crippen LogP contribution in [0.4, 0.5) is 8.78 Å². The van der Waals surface area contributed by atoms with Gasteiger partial charge in [-0.05, 0) is 24.3 Å². The molecule has 94 valence electrons. The second kappa shape index (κ2) is 4.24. The molecule has 2 heterocycles. The Morgan fingerprint density at radius 2 is 1.74 bits per heavy atom. The Balaban J connectivity index is 2.49. The number of pyridine rings is 1. The molecule has 6 heteroatoms. The summed E-state index contributed by atoms with van der Waals surface area (Å²) in [5.74, 6) is -1.51. The van der Waals surface area contributed by atoms with Gasteiger partial charge in [0, 0.05) is 6.20 Å². The van der Waals surface area contributed by atoms with Crippen LogP contribution in [0.1, 0.15) is 0 Å². The molecule has 0 aliphatic carbocycles. The van der Waals surface area contributed by atoms with Crippen molar-refractivity contribution in [2.45, 2.75) is 0 Å². The number of halogens is 2. The van der Waals surface area contributed by atoms with E-state index < -0.39 is 17.2 Å². The Hall–Kier alpha value is -2.63. The lowest BCUT2D eigenvalue weighted by atomic mass is 10.1. The summed E-state index contributed by atoms with van der Waals surface area (Å²) < 4.78 is 27.6. The third kappa shape index (κ3) is 1.77. The summed E-state index contributed by atoms with van der Waals surface area (Å²) in [5.41, 5.74) is -0.313. The third-order valence-corrected chi connectivity index (χ3v) is 2.74. The molecule has 0 unspecified atom stereocenters. The highest BCUT2D eigenvalue weighted by Crippen LogP contribution is 2.26. The first-order valence-electron chi connectivity index (χ1n) is 5.46. The Morgan fingerprint density at radius 1 is 1.00 bits per heavy atom. The van der Waals surface area contributed by atoms with Crippen LogP contribution in [0.5, 0.6) is 0 Å². The van der Waals surface area contributed by atoms with Crippen molar-refractivity contribution in [2.75, 3.05) is 0 Å². The van der Waals surface area contributed by atoms with E-state index in [1.165, 1.54) is 6.20 Å². The Kier molecular flexibility index (Phi) is 2.56. The number of aromatic amines is 1. The van der Waals surface area contributed by atoms with Crippen LogP contribution in [-0.2, 0) is 0 Å². The van der Waals surface area contributed by atoms with Gasteiger partial charge in [0.1, 0.15) is 17.3 Å². The summed E-state index contributed by atoms with van der Waals surface area (Å²) in [4.78, 5) is 15.6. The fraction of sp³-hybridized carbons (Fsp3) is 0. The number of fused-ring (bicyclic) bond motifs is 1. The summed E-state index contributed by atoms with van der Waals surface area (Å²) in [6.45, 7) is 0. The van der Waals surface area contributed by atoms with Crippen molar-refractivity contribution in [2.24, 2.45) is 0 Å². The first-order chi connectivity index (χ1) is 9.18. The van der Waals surface area contributed by atoms with E-state index >= 15 is 0 Å². The second-order valence-corrected chi connectivity index (χ2v) is 3.90. The molecule has 19 heavy (non-hydrogen) atoms. The highest BCUT2D eigenvalue weighted by molar-refractivity contribution is 5.93. The molecule has 0 aliphatic rings. The van der Waals surface area contributed by atoms with Crippen LogP contribution in [0, 0.1) is 11.6 Å². The van der Waals surface area contributed by atoms with Gasteiger partial charge in [0.05, 0.1) is 16.5 Å². The van der Waals surface area contributed by atoms with Gasteiger partial charge < -0.3 is 0 Å². The first kappa shape index (κ1) is 11.5. The number of hydrogen-bond donors (Lipinski definition) is 1. The van der Waals surface area contributed by atoms with Crippen molar-refractivity contribution in [3.05, 3.63) is 58.5 Å². The summed E-state index contributed by atoms with van der Waals surface area (Å²) >= 11 is 0.